The SMILES string of the molecule is NC1CCCC(=Cc2ccccc2Br)C1. The molecule has 1 nitrogen and oxygen atoms in total. The number of nitrogens with two attached hydrogens (primary N) is 1. The first-order valence-corrected chi connectivity index (χ1v) is 6.24. The fourth-order valence-electron chi connectivity index (χ4n) is 2.08. The molecule has 0 bridgehead atoms. The van der Waals surface area contributed by atoms with Crippen LogP contribution in [0.4, 0.5) is 0 Å². The molecule has 0 spiro atoms. The van der Waals surface area contributed by atoms with Crippen molar-refractivity contribution in [1.82, 2.24) is 0 Å². The van der Waals surface area contributed by atoms with Gasteiger partial charge in [0.2, 0.25) is 0 Å². The summed E-state index contributed by atoms with van der Waals surface area (Å²) in [6.45, 7) is 0. The lowest BCUT2D eigenvalue weighted by molar-refractivity contribution is 0.520. The van der Waals surface area contributed by atoms with Crippen molar-refractivity contribution in [3.63, 3.8) is 0 Å². The summed E-state index contributed by atoms with van der Waals surface area (Å²) in [5.74, 6) is 0. The zero-order chi connectivity index (χ0) is 10.7. The second-order valence-electron chi connectivity index (χ2n) is 4.18. The van der Waals surface area contributed by atoms with Crippen LogP contribution in [-0.4, -0.2) is 6.04 Å². The molecule has 2 rings (SSSR count). The summed E-state index contributed by atoms with van der Waals surface area (Å²) in [5, 5.41) is 0. The van der Waals surface area contributed by atoms with Crippen LogP contribution in [0.15, 0.2) is 34.3 Å². The number of rotatable bonds is 1. The third-order valence-electron chi connectivity index (χ3n) is 2.86. The topological polar surface area (TPSA) is 26.0 Å². The molecule has 0 aromatic heterocycles. The highest BCUT2D eigenvalue weighted by Gasteiger charge is 2.12. The maximum absolute atomic E-state index is 5.96. The summed E-state index contributed by atoms with van der Waals surface area (Å²) in [5.41, 5.74) is 8.72. The Balaban J connectivity index is 2.18. The van der Waals surface area contributed by atoms with Gasteiger partial charge in [-0.05, 0) is 37.3 Å². The first-order valence-electron chi connectivity index (χ1n) is 5.45. The van der Waals surface area contributed by atoms with E-state index in [1.54, 1.807) is 0 Å². The molecule has 0 radical (unpaired) electrons. The lowest BCUT2D eigenvalue weighted by Crippen LogP contribution is -2.23. The molecule has 0 amide bonds. The van der Waals surface area contributed by atoms with Crippen LogP contribution in [0.1, 0.15) is 31.2 Å². The van der Waals surface area contributed by atoms with Gasteiger partial charge in [-0.15, -0.1) is 0 Å². The molecule has 0 aliphatic heterocycles. The number of halogens is 1. The molecule has 1 fully saturated rings. The molecule has 1 aromatic rings. The molecular formula is C13H16BrN. The van der Waals surface area contributed by atoms with Crippen LogP contribution >= 0.6 is 15.9 Å². The van der Waals surface area contributed by atoms with Gasteiger partial charge in [-0.3, -0.25) is 0 Å². The van der Waals surface area contributed by atoms with Crippen LogP contribution in [0.5, 0.6) is 0 Å². The summed E-state index contributed by atoms with van der Waals surface area (Å²) in [7, 11) is 0. The summed E-state index contributed by atoms with van der Waals surface area (Å²) in [4.78, 5) is 0. The average molecular weight is 266 g/mol. The minimum Gasteiger partial charge on any atom is -0.327 e. The fraction of sp³-hybridized carbons (Fsp3) is 0.385. The van der Waals surface area contributed by atoms with Crippen LogP contribution in [0.25, 0.3) is 6.08 Å². The Morgan fingerprint density at radius 2 is 2.13 bits per heavy atom. The van der Waals surface area contributed by atoms with Gasteiger partial charge in [-0.1, -0.05) is 45.8 Å². The van der Waals surface area contributed by atoms with Crippen LogP contribution in [0.2, 0.25) is 0 Å². The molecule has 80 valence electrons. The molecule has 1 aliphatic rings. The van der Waals surface area contributed by atoms with Crippen LogP contribution in [0, 0.1) is 0 Å². The van der Waals surface area contributed by atoms with Crippen molar-refractivity contribution >= 4 is 22.0 Å². The van der Waals surface area contributed by atoms with Crippen LogP contribution in [0.3, 0.4) is 0 Å². The van der Waals surface area contributed by atoms with Gasteiger partial charge in [-0.25, -0.2) is 0 Å². The lowest BCUT2D eigenvalue weighted by Gasteiger charge is -2.20. The summed E-state index contributed by atoms with van der Waals surface area (Å²) >= 11 is 3.56. The Labute approximate surface area is 99.5 Å². The minimum absolute atomic E-state index is 0.368. The van der Waals surface area contributed by atoms with Gasteiger partial charge >= 0.3 is 0 Å². The Morgan fingerprint density at radius 3 is 2.87 bits per heavy atom. The van der Waals surface area contributed by atoms with Gasteiger partial charge in [0.25, 0.3) is 0 Å². The fourth-order valence-corrected chi connectivity index (χ4v) is 2.47. The van der Waals surface area contributed by atoms with E-state index >= 15 is 0 Å². The number of benzene rings is 1. The van der Waals surface area contributed by atoms with Crippen molar-refractivity contribution in [3.8, 4) is 0 Å². The smallest absolute Gasteiger partial charge is 0.0247 e. The minimum atomic E-state index is 0.368. The Morgan fingerprint density at radius 1 is 1.33 bits per heavy atom. The zero-order valence-corrected chi connectivity index (χ0v) is 10.3. The molecule has 2 heteroatoms. The highest BCUT2D eigenvalue weighted by Crippen LogP contribution is 2.26. The molecule has 1 atom stereocenters. The molecule has 1 aliphatic carbocycles. The monoisotopic (exact) mass is 265 g/mol. The molecule has 15 heavy (non-hydrogen) atoms. The van der Waals surface area contributed by atoms with E-state index in [4.69, 9.17) is 5.73 Å². The molecular weight excluding hydrogens is 250 g/mol. The summed E-state index contributed by atoms with van der Waals surface area (Å²) in [6, 6.07) is 8.69. The molecule has 0 heterocycles. The third kappa shape index (κ3) is 2.93. The van der Waals surface area contributed by atoms with E-state index in [9.17, 15) is 0 Å². The second kappa shape index (κ2) is 4.95. The normalized spacial score (nSPS) is 24.4. The Bertz CT molecular complexity index is 371. The van der Waals surface area contributed by atoms with Crippen molar-refractivity contribution in [2.75, 3.05) is 0 Å². The van der Waals surface area contributed by atoms with Crippen molar-refractivity contribution in [3.05, 3.63) is 39.9 Å². The van der Waals surface area contributed by atoms with Gasteiger partial charge in [-0.2, -0.15) is 0 Å². The maximum atomic E-state index is 5.96. The maximum Gasteiger partial charge on any atom is 0.0247 e. The Hall–Kier alpha value is -0.600. The predicted molar refractivity (Wildman–Crippen MR) is 68.6 cm³/mol. The highest BCUT2D eigenvalue weighted by atomic mass is 79.9. The van der Waals surface area contributed by atoms with E-state index < -0.39 is 0 Å². The molecule has 1 saturated carbocycles. The zero-order valence-electron chi connectivity index (χ0n) is 8.75. The van der Waals surface area contributed by atoms with Gasteiger partial charge in [0.05, 0.1) is 0 Å². The van der Waals surface area contributed by atoms with Crippen molar-refractivity contribution < 1.29 is 0 Å². The third-order valence-corrected chi connectivity index (χ3v) is 3.58. The molecule has 0 saturated heterocycles. The molecule has 2 N–H and O–H groups in total. The number of hydrogen-bond acceptors (Lipinski definition) is 1. The van der Waals surface area contributed by atoms with Gasteiger partial charge < -0.3 is 5.73 Å². The quantitative estimate of drug-likeness (QED) is 0.823. The van der Waals surface area contributed by atoms with E-state index in [2.05, 4.69) is 40.2 Å². The van der Waals surface area contributed by atoms with Crippen LogP contribution in [-0.2, 0) is 0 Å². The van der Waals surface area contributed by atoms with Crippen LogP contribution < -0.4 is 5.73 Å². The summed E-state index contributed by atoms with van der Waals surface area (Å²) < 4.78 is 1.16. The van der Waals surface area contributed by atoms with Crippen molar-refractivity contribution in [2.24, 2.45) is 5.73 Å². The predicted octanol–water partition coefficient (Wildman–Crippen LogP) is 3.73. The van der Waals surface area contributed by atoms with E-state index in [-0.39, 0.29) is 0 Å². The van der Waals surface area contributed by atoms with E-state index in [0.29, 0.717) is 6.04 Å². The van der Waals surface area contributed by atoms with Gasteiger partial charge in [0, 0.05) is 10.5 Å². The van der Waals surface area contributed by atoms with Gasteiger partial charge in [0.15, 0.2) is 0 Å². The first-order chi connectivity index (χ1) is 7.25. The molecule has 1 unspecified atom stereocenters. The van der Waals surface area contributed by atoms with Gasteiger partial charge in [0.1, 0.15) is 0 Å². The highest BCUT2D eigenvalue weighted by molar-refractivity contribution is 9.10. The average Bonchev–Trinajstić information content (AvgIpc) is 2.22. The summed E-state index contributed by atoms with van der Waals surface area (Å²) in [6.07, 6.45) is 6.95. The van der Waals surface area contributed by atoms with E-state index in [1.807, 2.05) is 6.07 Å². The number of hydrogen-bond donors (Lipinski definition) is 1. The first kappa shape index (κ1) is 10.9. The lowest BCUT2D eigenvalue weighted by atomic mass is 9.90. The molecule has 1 aromatic carbocycles. The Kier molecular flexibility index (Phi) is 3.60. The second-order valence-corrected chi connectivity index (χ2v) is 5.03. The largest absolute Gasteiger partial charge is 0.327 e. The van der Waals surface area contributed by atoms with E-state index in [0.717, 1.165) is 10.9 Å². The van der Waals surface area contributed by atoms with E-state index in [1.165, 1.54) is 30.4 Å². The van der Waals surface area contributed by atoms with Crippen molar-refractivity contribution in [2.45, 2.75) is 31.7 Å². The van der Waals surface area contributed by atoms with Crippen molar-refractivity contribution in [1.29, 1.82) is 0 Å². The standard InChI is InChI=1S/C13H16BrN/c14-13-7-2-1-5-11(13)8-10-4-3-6-12(15)9-10/h1-2,5,7-8,12H,3-4,6,9,15H2.